The Morgan fingerprint density at radius 2 is 2.00 bits per heavy atom. The minimum atomic E-state index is -0.428. The number of rotatable bonds is 2. The molecular formula is C6H11N2O2+. The van der Waals surface area contributed by atoms with Gasteiger partial charge in [0.1, 0.15) is 0 Å². The Bertz CT molecular complexity index is 175. The minimum Gasteiger partial charge on any atom is -0.323 e. The maximum absolute atomic E-state index is 10.6. The molecule has 0 aliphatic carbocycles. The normalized spacial score (nSPS) is 10.3. The first-order valence-electron chi connectivity index (χ1n) is 2.87. The van der Waals surface area contributed by atoms with Crippen molar-refractivity contribution in [3.63, 3.8) is 0 Å². The quantitative estimate of drug-likeness (QED) is 0.299. The van der Waals surface area contributed by atoms with Crippen molar-refractivity contribution in [2.45, 2.75) is 0 Å². The second kappa shape index (κ2) is 3.25. The van der Waals surface area contributed by atoms with Gasteiger partial charge in [0.25, 0.3) is 0 Å². The van der Waals surface area contributed by atoms with Crippen molar-refractivity contribution in [2.24, 2.45) is 4.99 Å². The largest absolute Gasteiger partial charge is 0.323 e. The predicted molar refractivity (Wildman–Crippen MR) is 36.0 cm³/mol. The van der Waals surface area contributed by atoms with Gasteiger partial charge >= 0.3 is 5.91 Å². The van der Waals surface area contributed by atoms with Crippen LogP contribution in [0, 0.1) is 0 Å². The molecule has 0 aromatic rings. The number of quaternary nitrogens is 1. The summed E-state index contributed by atoms with van der Waals surface area (Å²) in [7, 11) is 5.54. The summed E-state index contributed by atoms with van der Waals surface area (Å²) in [5, 5.41) is 0. The third-order valence-electron chi connectivity index (χ3n) is 0.780. The maximum Gasteiger partial charge on any atom is 0.311 e. The molecule has 10 heavy (non-hydrogen) atoms. The predicted octanol–water partition coefficient (Wildman–Crippen LogP) is -0.445. The van der Waals surface area contributed by atoms with E-state index in [1.807, 2.05) is 21.1 Å². The lowest BCUT2D eigenvalue weighted by molar-refractivity contribution is -0.862. The molecule has 0 aliphatic heterocycles. The average molecular weight is 143 g/mol. The summed E-state index contributed by atoms with van der Waals surface area (Å²) in [6.45, 7) is 0.231. The summed E-state index contributed by atoms with van der Waals surface area (Å²) in [5.74, 6) is -0.428. The SMILES string of the molecule is C[N+](C)(C)CC(=O)N=C=O. The van der Waals surface area contributed by atoms with E-state index in [0.29, 0.717) is 4.48 Å². The standard InChI is InChI=1S/C6H11N2O2/c1-8(2,3)4-6(10)7-5-9/h4H2,1-3H3/q+1. The Balaban J connectivity index is 3.92. The van der Waals surface area contributed by atoms with E-state index in [2.05, 4.69) is 4.99 Å². The number of hydrogen-bond acceptors (Lipinski definition) is 2. The molecule has 0 fully saturated rings. The molecule has 0 aromatic carbocycles. The summed E-state index contributed by atoms with van der Waals surface area (Å²) in [5.41, 5.74) is 0. The zero-order chi connectivity index (χ0) is 8.20. The van der Waals surface area contributed by atoms with Gasteiger partial charge in [-0.15, -0.1) is 4.99 Å². The molecule has 0 N–H and O–H groups in total. The van der Waals surface area contributed by atoms with E-state index in [-0.39, 0.29) is 6.54 Å². The van der Waals surface area contributed by atoms with Crippen LogP contribution in [0.5, 0.6) is 0 Å². The van der Waals surface area contributed by atoms with Crippen LogP contribution in [0.2, 0.25) is 0 Å². The van der Waals surface area contributed by atoms with Gasteiger partial charge in [0.2, 0.25) is 6.08 Å². The van der Waals surface area contributed by atoms with Crippen molar-refractivity contribution in [2.75, 3.05) is 27.7 Å². The second-order valence-corrected chi connectivity index (χ2v) is 3.05. The Morgan fingerprint density at radius 1 is 1.50 bits per heavy atom. The first-order valence-corrected chi connectivity index (χ1v) is 2.87. The number of isocyanates is 1. The van der Waals surface area contributed by atoms with Gasteiger partial charge < -0.3 is 4.48 Å². The van der Waals surface area contributed by atoms with Crippen molar-refractivity contribution in [1.82, 2.24) is 0 Å². The van der Waals surface area contributed by atoms with E-state index >= 15 is 0 Å². The van der Waals surface area contributed by atoms with Crippen LogP contribution < -0.4 is 0 Å². The summed E-state index contributed by atoms with van der Waals surface area (Å²) in [6, 6.07) is 0. The highest BCUT2D eigenvalue weighted by Gasteiger charge is 2.12. The third-order valence-corrected chi connectivity index (χ3v) is 0.780. The zero-order valence-electron chi connectivity index (χ0n) is 6.42. The molecule has 0 rings (SSSR count). The van der Waals surface area contributed by atoms with Crippen LogP contribution in [0.15, 0.2) is 4.99 Å². The summed E-state index contributed by atoms with van der Waals surface area (Å²) < 4.78 is 0.476. The topological polar surface area (TPSA) is 46.5 Å². The molecule has 56 valence electrons. The Hall–Kier alpha value is -0.990. The molecule has 0 aliphatic rings. The van der Waals surface area contributed by atoms with Gasteiger partial charge in [-0.1, -0.05) is 0 Å². The highest BCUT2D eigenvalue weighted by atomic mass is 16.2. The lowest BCUT2D eigenvalue weighted by Crippen LogP contribution is -2.38. The second-order valence-electron chi connectivity index (χ2n) is 3.05. The van der Waals surface area contributed by atoms with Crippen molar-refractivity contribution in [3.05, 3.63) is 0 Å². The number of carbonyl (C=O) groups is 1. The molecule has 0 saturated heterocycles. The lowest BCUT2D eigenvalue weighted by Gasteiger charge is -2.20. The van der Waals surface area contributed by atoms with Gasteiger partial charge in [-0.05, 0) is 0 Å². The van der Waals surface area contributed by atoms with Crippen molar-refractivity contribution in [1.29, 1.82) is 0 Å². The molecule has 0 radical (unpaired) electrons. The van der Waals surface area contributed by atoms with E-state index in [0.717, 1.165) is 0 Å². The third kappa shape index (κ3) is 5.15. The Labute approximate surface area is 59.8 Å². The van der Waals surface area contributed by atoms with Gasteiger partial charge in [0, 0.05) is 0 Å². The average Bonchev–Trinajstić information content (AvgIpc) is 1.59. The first-order chi connectivity index (χ1) is 4.45. The van der Waals surface area contributed by atoms with Crippen molar-refractivity contribution in [3.8, 4) is 0 Å². The fraction of sp³-hybridized carbons (Fsp3) is 0.667. The Morgan fingerprint density at radius 3 is 2.30 bits per heavy atom. The molecule has 0 spiro atoms. The fourth-order valence-electron chi connectivity index (χ4n) is 0.492. The number of nitrogens with zero attached hydrogens (tertiary/aromatic N) is 2. The van der Waals surface area contributed by atoms with Crippen LogP contribution in [0.25, 0.3) is 0 Å². The number of hydrogen-bond donors (Lipinski definition) is 0. The van der Waals surface area contributed by atoms with Crippen LogP contribution >= 0.6 is 0 Å². The van der Waals surface area contributed by atoms with Gasteiger partial charge in [0.15, 0.2) is 6.54 Å². The molecule has 4 nitrogen and oxygen atoms in total. The molecule has 0 aromatic heterocycles. The molecule has 0 heterocycles. The molecular weight excluding hydrogens is 132 g/mol. The molecule has 0 atom stereocenters. The molecule has 4 heteroatoms. The zero-order valence-corrected chi connectivity index (χ0v) is 6.42. The first kappa shape index (κ1) is 9.01. The summed E-state index contributed by atoms with van der Waals surface area (Å²) >= 11 is 0. The van der Waals surface area contributed by atoms with Crippen LogP contribution in [-0.2, 0) is 9.59 Å². The van der Waals surface area contributed by atoms with Gasteiger partial charge in [-0.25, -0.2) is 4.79 Å². The van der Waals surface area contributed by atoms with Gasteiger partial charge in [-0.3, -0.25) is 4.79 Å². The molecule has 1 amide bonds. The number of aliphatic imine (C=N–C) groups is 1. The minimum absolute atomic E-state index is 0.231. The number of likely N-dealkylation sites (N-methyl/N-ethyl adjacent to an activating group) is 1. The van der Waals surface area contributed by atoms with Gasteiger partial charge in [0.05, 0.1) is 21.1 Å². The highest BCUT2D eigenvalue weighted by molar-refractivity contribution is 5.82. The van der Waals surface area contributed by atoms with Crippen LogP contribution in [0.1, 0.15) is 0 Å². The van der Waals surface area contributed by atoms with Crippen LogP contribution in [-0.4, -0.2) is 44.2 Å². The summed E-state index contributed by atoms with van der Waals surface area (Å²) in [4.78, 5) is 23.1. The maximum atomic E-state index is 10.6. The van der Waals surface area contributed by atoms with Crippen LogP contribution in [0.4, 0.5) is 0 Å². The van der Waals surface area contributed by atoms with E-state index in [1.54, 1.807) is 0 Å². The molecule has 0 saturated carbocycles. The number of carbonyl (C=O) groups excluding carboxylic acids is 2. The van der Waals surface area contributed by atoms with Crippen molar-refractivity contribution >= 4 is 12.0 Å². The van der Waals surface area contributed by atoms with E-state index in [9.17, 15) is 9.59 Å². The Kier molecular flexibility index (Phi) is 2.93. The van der Waals surface area contributed by atoms with E-state index in [1.165, 1.54) is 6.08 Å². The monoisotopic (exact) mass is 143 g/mol. The summed E-state index contributed by atoms with van der Waals surface area (Å²) in [6.07, 6.45) is 1.21. The van der Waals surface area contributed by atoms with Crippen molar-refractivity contribution < 1.29 is 14.1 Å². The van der Waals surface area contributed by atoms with Gasteiger partial charge in [-0.2, -0.15) is 0 Å². The van der Waals surface area contributed by atoms with E-state index < -0.39 is 5.91 Å². The molecule has 0 bridgehead atoms. The smallest absolute Gasteiger partial charge is 0.311 e. The fourth-order valence-corrected chi connectivity index (χ4v) is 0.492. The number of amides is 1. The highest BCUT2D eigenvalue weighted by Crippen LogP contribution is 1.89. The van der Waals surface area contributed by atoms with Crippen LogP contribution in [0.3, 0.4) is 0 Å². The van der Waals surface area contributed by atoms with E-state index in [4.69, 9.17) is 0 Å². The lowest BCUT2D eigenvalue weighted by atomic mass is 10.5. The molecule has 0 unspecified atom stereocenters.